The zero-order chi connectivity index (χ0) is 15.0. The van der Waals surface area contributed by atoms with Crippen molar-refractivity contribution in [3.05, 3.63) is 0 Å². The van der Waals surface area contributed by atoms with Crippen molar-refractivity contribution in [1.29, 1.82) is 0 Å². The second-order valence-electron chi connectivity index (χ2n) is 5.69. The molecule has 0 aromatic heterocycles. The lowest BCUT2D eigenvalue weighted by Crippen LogP contribution is -2.61. The lowest BCUT2D eigenvalue weighted by molar-refractivity contribution is -0.152. The first-order valence-corrected chi connectivity index (χ1v) is 8.60. The Morgan fingerprint density at radius 2 is 1.95 bits per heavy atom. The highest BCUT2D eigenvalue weighted by molar-refractivity contribution is 7.88. The summed E-state index contributed by atoms with van der Waals surface area (Å²) in [5.74, 6) is -1.82. The van der Waals surface area contributed by atoms with Gasteiger partial charge in [-0.25, -0.2) is 17.5 Å². The van der Waals surface area contributed by atoms with E-state index < -0.39 is 27.4 Å². The molecular weight excluding hydrogens is 284 g/mol. The lowest BCUT2D eigenvalue weighted by Gasteiger charge is -2.40. The predicted molar refractivity (Wildman–Crippen MR) is 71.5 cm³/mol. The van der Waals surface area contributed by atoms with Gasteiger partial charge >= 0.3 is 5.97 Å². The van der Waals surface area contributed by atoms with Gasteiger partial charge in [-0.05, 0) is 32.1 Å². The molecule has 1 unspecified atom stereocenters. The Labute approximate surface area is 118 Å². The Morgan fingerprint density at radius 1 is 1.30 bits per heavy atom. The van der Waals surface area contributed by atoms with Crippen LogP contribution < -0.4 is 5.32 Å². The molecule has 7 nitrogen and oxygen atoms in total. The average Bonchev–Trinajstić information content (AvgIpc) is 2.32. The van der Waals surface area contributed by atoms with Crippen molar-refractivity contribution in [2.75, 3.05) is 19.3 Å². The average molecular weight is 304 g/mol. The second kappa shape index (κ2) is 5.33. The van der Waals surface area contributed by atoms with E-state index in [1.54, 1.807) is 0 Å². The second-order valence-corrected chi connectivity index (χ2v) is 7.67. The quantitative estimate of drug-likeness (QED) is 0.747. The molecule has 8 heteroatoms. The van der Waals surface area contributed by atoms with Crippen LogP contribution >= 0.6 is 0 Å². The van der Waals surface area contributed by atoms with Crippen molar-refractivity contribution in [3.8, 4) is 0 Å². The fourth-order valence-electron chi connectivity index (χ4n) is 2.72. The number of amides is 1. The number of carboxylic acid groups (broad SMARTS) is 1. The van der Waals surface area contributed by atoms with Gasteiger partial charge in [-0.1, -0.05) is 0 Å². The van der Waals surface area contributed by atoms with Crippen LogP contribution in [0.5, 0.6) is 0 Å². The molecule has 0 spiro atoms. The summed E-state index contributed by atoms with van der Waals surface area (Å²) in [6.07, 6.45) is 4.00. The number of carboxylic acids is 1. The number of carbonyl (C=O) groups is 2. The molecule has 1 atom stereocenters. The van der Waals surface area contributed by atoms with E-state index in [1.807, 2.05) is 0 Å². The van der Waals surface area contributed by atoms with Crippen LogP contribution in [-0.2, 0) is 19.6 Å². The summed E-state index contributed by atoms with van der Waals surface area (Å²) in [7, 11) is -3.31. The lowest BCUT2D eigenvalue weighted by atomic mass is 9.76. The van der Waals surface area contributed by atoms with Gasteiger partial charge in [0.25, 0.3) is 0 Å². The maximum atomic E-state index is 12.2. The van der Waals surface area contributed by atoms with E-state index in [1.165, 1.54) is 4.31 Å². The first-order valence-electron chi connectivity index (χ1n) is 6.75. The molecular formula is C12H20N2O5S. The molecule has 0 bridgehead atoms. The van der Waals surface area contributed by atoms with Crippen LogP contribution in [-0.4, -0.2) is 54.6 Å². The normalized spacial score (nSPS) is 26.6. The maximum absolute atomic E-state index is 12.2. The van der Waals surface area contributed by atoms with Crippen molar-refractivity contribution in [2.24, 2.45) is 5.92 Å². The van der Waals surface area contributed by atoms with E-state index in [0.717, 1.165) is 12.7 Å². The molecule has 0 aromatic rings. The molecule has 2 aliphatic rings. The Bertz CT molecular complexity index is 512. The summed E-state index contributed by atoms with van der Waals surface area (Å²) in [6, 6.07) is 0. The van der Waals surface area contributed by atoms with Gasteiger partial charge in [0.1, 0.15) is 5.54 Å². The van der Waals surface area contributed by atoms with Crippen molar-refractivity contribution < 1.29 is 23.1 Å². The van der Waals surface area contributed by atoms with Gasteiger partial charge in [0.05, 0.1) is 12.2 Å². The molecule has 0 aromatic carbocycles. The molecule has 2 N–H and O–H groups in total. The van der Waals surface area contributed by atoms with Gasteiger partial charge in [-0.3, -0.25) is 4.79 Å². The van der Waals surface area contributed by atoms with Gasteiger partial charge < -0.3 is 10.4 Å². The van der Waals surface area contributed by atoms with E-state index in [0.29, 0.717) is 32.2 Å². The largest absolute Gasteiger partial charge is 0.480 e. The zero-order valence-corrected chi connectivity index (χ0v) is 12.3. The summed E-state index contributed by atoms with van der Waals surface area (Å²) in [5, 5.41) is 11.8. The summed E-state index contributed by atoms with van der Waals surface area (Å²) >= 11 is 0. The molecule has 1 saturated heterocycles. The fraction of sp³-hybridized carbons (Fsp3) is 0.833. The standard InChI is InChI=1S/C12H20N2O5S/c1-20(18,19)14-7-2-4-9(8-14)10(15)13-12(11(16)17)5-3-6-12/h9H,2-8H2,1H3,(H,13,15)(H,16,17). The number of hydrogen-bond acceptors (Lipinski definition) is 4. The number of aliphatic carboxylic acids is 1. The summed E-state index contributed by atoms with van der Waals surface area (Å²) in [6.45, 7) is 0.563. The molecule has 2 fully saturated rings. The highest BCUT2D eigenvalue weighted by atomic mass is 32.2. The molecule has 1 aliphatic carbocycles. The fourth-order valence-corrected chi connectivity index (χ4v) is 3.63. The number of nitrogens with zero attached hydrogens (tertiary/aromatic N) is 1. The highest BCUT2D eigenvalue weighted by Crippen LogP contribution is 2.33. The Balaban J connectivity index is 2.01. The number of rotatable bonds is 4. The molecule has 114 valence electrons. The number of hydrogen-bond donors (Lipinski definition) is 2. The Hall–Kier alpha value is -1.15. The number of sulfonamides is 1. The zero-order valence-electron chi connectivity index (χ0n) is 11.5. The number of piperidine rings is 1. The molecule has 0 radical (unpaired) electrons. The molecule has 1 amide bonds. The molecule has 1 heterocycles. The minimum atomic E-state index is -3.31. The van der Waals surface area contributed by atoms with Gasteiger partial charge in [-0.2, -0.15) is 0 Å². The van der Waals surface area contributed by atoms with Crippen molar-refractivity contribution in [1.82, 2.24) is 9.62 Å². The van der Waals surface area contributed by atoms with E-state index in [9.17, 15) is 23.1 Å². The summed E-state index contributed by atoms with van der Waals surface area (Å²) in [5.41, 5.74) is -1.13. The van der Waals surface area contributed by atoms with Crippen LogP contribution in [0, 0.1) is 5.92 Å². The summed E-state index contributed by atoms with van der Waals surface area (Å²) < 4.78 is 24.3. The Morgan fingerprint density at radius 3 is 2.40 bits per heavy atom. The van der Waals surface area contributed by atoms with Gasteiger partial charge in [-0.15, -0.1) is 0 Å². The van der Waals surface area contributed by atoms with Crippen molar-refractivity contribution in [3.63, 3.8) is 0 Å². The summed E-state index contributed by atoms with van der Waals surface area (Å²) in [4.78, 5) is 23.4. The highest BCUT2D eigenvalue weighted by Gasteiger charge is 2.46. The van der Waals surface area contributed by atoms with Crippen LogP contribution in [0.2, 0.25) is 0 Å². The maximum Gasteiger partial charge on any atom is 0.329 e. The minimum absolute atomic E-state index is 0.139. The Kier molecular flexibility index (Phi) is 4.06. The van der Waals surface area contributed by atoms with Crippen LogP contribution in [0.25, 0.3) is 0 Å². The molecule has 20 heavy (non-hydrogen) atoms. The van der Waals surface area contributed by atoms with Crippen molar-refractivity contribution in [2.45, 2.75) is 37.6 Å². The van der Waals surface area contributed by atoms with E-state index >= 15 is 0 Å². The van der Waals surface area contributed by atoms with Gasteiger partial charge in [0.15, 0.2) is 0 Å². The molecule has 2 rings (SSSR count). The number of carbonyl (C=O) groups excluding carboxylic acids is 1. The monoisotopic (exact) mass is 304 g/mol. The first-order chi connectivity index (χ1) is 9.24. The minimum Gasteiger partial charge on any atom is -0.480 e. The van der Waals surface area contributed by atoms with Crippen LogP contribution in [0.15, 0.2) is 0 Å². The predicted octanol–water partition coefficient (Wildman–Crippen LogP) is -0.218. The third kappa shape index (κ3) is 2.95. The van der Waals surface area contributed by atoms with Gasteiger partial charge in [0, 0.05) is 13.1 Å². The van der Waals surface area contributed by atoms with Crippen LogP contribution in [0.1, 0.15) is 32.1 Å². The number of nitrogens with one attached hydrogen (secondary N) is 1. The van der Waals surface area contributed by atoms with E-state index in [-0.39, 0.29) is 12.5 Å². The van der Waals surface area contributed by atoms with Crippen LogP contribution in [0.3, 0.4) is 0 Å². The van der Waals surface area contributed by atoms with Crippen LogP contribution in [0.4, 0.5) is 0 Å². The first kappa shape index (κ1) is 15.2. The smallest absolute Gasteiger partial charge is 0.329 e. The third-order valence-corrected chi connectivity index (χ3v) is 5.47. The van der Waals surface area contributed by atoms with Crippen molar-refractivity contribution >= 4 is 21.9 Å². The van der Waals surface area contributed by atoms with E-state index in [4.69, 9.17) is 0 Å². The topological polar surface area (TPSA) is 104 Å². The molecule has 1 aliphatic heterocycles. The van der Waals surface area contributed by atoms with Gasteiger partial charge in [0.2, 0.25) is 15.9 Å². The third-order valence-electron chi connectivity index (χ3n) is 4.20. The SMILES string of the molecule is CS(=O)(=O)N1CCCC(C(=O)NC2(C(=O)O)CCC2)C1. The molecule has 1 saturated carbocycles. The van der Waals surface area contributed by atoms with E-state index in [2.05, 4.69) is 5.32 Å².